The van der Waals surface area contributed by atoms with Crippen molar-refractivity contribution in [1.29, 1.82) is 0 Å². The van der Waals surface area contributed by atoms with Crippen LogP contribution in [-0.2, 0) is 0 Å². The molecule has 0 N–H and O–H groups in total. The van der Waals surface area contributed by atoms with Crippen molar-refractivity contribution in [3.05, 3.63) is 0 Å². The maximum absolute atomic E-state index is 2.86. The van der Waals surface area contributed by atoms with E-state index in [0.29, 0.717) is 0 Å². The van der Waals surface area contributed by atoms with Crippen LogP contribution in [0.3, 0.4) is 0 Å². The highest BCUT2D eigenvalue weighted by molar-refractivity contribution is 4.75. The fourth-order valence-corrected chi connectivity index (χ4v) is 4.97. The van der Waals surface area contributed by atoms with Gasteiger partial charge < -0.3 is 4.90 Å². The molecule has 0 aliphatic heterocycles. The SMILES string of the molecule is CCCCN(CCCCCCCCCCCC(CC)CC)C1CCCCC1. The molecule has 1 rings (SSSR count). The lowest BCUT2D eigenvalue weighted by atomic mass is 9.93. The monoisotopic (exact) mass is 379 g/mol. The molecule has 1 fully saturated rings. The summed E-state index contributed by atoms with van der Waals surface area (Å²) in [5, 5.41) is 0. The number of hydrogen-bond donors (Lipinski definition) is 0. The predicted molar refractivity (Wildman–Crippen MR) is 124 cm³/mol. The average molecular weight is 380 g/mol. The largest absolute Gasteiger partial charge is 0.300 e. The Kier molecular flexibility index (Phi) is 16.7. The summed E-state index contributed by atoms with van der Waals surface area (Å²) in [6.07, 6.45) is 27.6. The molecule has 1 aliphatic carbocycles. The van der Waals surface area contributed by atoms with Crippen molar-refractivity contribution in [1.82, 2.24) is 4.90 Å². The molecule has 0 amide bonds. The summed E-state index contributed by atoms with van der Waals surface area (Å²) in [4.78, 5) is 2.86. The van der Waals surface area contributed by atoms with Crippen molar-refractivity contribution < 1.29 is 0 Å². The second-order valence-electron chi connectivity index (χ2n) is 9.33. The first-order chi connectivity index (χ1) is 13.3. The summed E-state index contributed by atoms with van der Waals surface area (Å²) in [6.45, 7) is 9.78. The Balaban J connectivity index is 1.95. The van der Waals surface area contributed by atoms with Gasteiger partial charge >= 0.3 is 0 Å². The molecule has 1 nitrogen and oxygen atoms in total. The summed E-state index contributed by atoms with van der Waals surface area (Å²) in [5.41, 5.74) is 0. The zero-order chi connectivity index (χ0) is 19.6. The fourth-order valence-electron chi connectivity index (χ4n) is 4.97. The van der Waals surface area contributed by atoms with Gasteiger partial charge in [-0.05, 0) is 44.7 Å². The topological polar surface area (TPSA) is 3.24 Å². The van der Waals surface area contributed by atoms with Gasteiger partial charge in [0.1, 0.15) is 0 Å². The van der Waals surface area contributed by atoms with Gasteiger partial charge in [0.2, 0.25) is 0 Å². The smallest absolute Gasteiger partial charge is 0.00952 e. The highest BCUT2D eigenvalue weighted by Gasteiger charge is 2.19. The molecule has 1 heteroatoms. The number of hydrogen-bond acceptors (Lipinski definition) is 1. The van der Waals surface area contributed by atoms with Crippen LogP contribution in [0.4, 0.5) is 0 Å². The molecule has 0 bridgehead atoms. The van der Waals surface area contributed by atoms with Crippen LogP contribution in [-0.4, -0.2) is 24.0 Å². The van der Waals surface area contributed by atoms with E-state index < -0.39 is 0 Å². The average Bonchev–Trinajstić information content (AvgIpc) is 2.72. The quantitative estimate of drug-likeness (QED) is 0.215. The molecule has 162 valence electrons. The van der Waals surface area contributed by atoms with Crippen LogP contribution in [0.1, 0.15) is 143 Å². The Morgan fingerprint density at radius 1 is 0.630 bits per heavy atom. The molecule has 1 saturated carbocycles. The lowest BCUT2D eigenvalue weighted by molar-refractivity contribution is 0.150. The van der Waals surface area contributed by atoms with Crippen molar-refractivity contribution in [3.63, 3.8) is 0 Å². The van der Waals surface area contributed by atoms with E-state index in [2.05, 4.69) is 25.7 Å². The van der Waals surface area contributed by atoms with E-state index in [4.69, 9.17) is 0 Å². The van der Waals surface area contributed by atoms with Crippen molar-refractivity contribution in [2.75, 3.05) is 13.1 Å². The Morgan fingerprint density at radius 2 is 1.15 bits per heavy atom. The van der Waals surface area contributed by atoms with Crippen LogP contribution in [0.15, 0.2) is 0 Å². The Bertz CT molecular complexity index is 291. The highest BCUT2D eigenvalue weighted by Crippen LogP contribution is 2.23. The molecule has 0 radical (unpaired) electrons. The summed E-state index contributed by atoms with van der Waals surface area (Å²) >= 11 is 0. The van der Waals surface area contributed by atoms with Crippen LogP contribution in [0.25, 0.3) is 0 Å². The van der Waals surface area contributed by atoms with Gasteiger partial charge in [-0.25, -0.2) is 0 Å². The minimum Gasteiger partial charge on any atom is -0.300 e. The first-order valence-corrected chi connectivity index (χ1v) is 13.1. The first-order valence-electron chi connectivity index (χ1n) is 13.1. The summed E-state index contributed by atoms with van der Waals surface area (Å²) < 4.78 is 0. The molecule has 0 aromatic rings. The van der Waals surface area contributed by atoms with Gasteiger partial charge in [0.25, 0.3) is 0 Å². The minimum atomic E-state index is 0.922. The van der Waals surface area contributed by atoms with Crippen LogP contribution in [0.5, 0.6) is 0 Å². The van der Waals surface area contributed by atoms with Crippen LogP contribution in [0.2, 0.25) is 0 Å². The normalized spacial score (nSPS) is 15.9. The van der Waals surface area contributed by atoms with Crippen LogP contribution < -0.4 is 0 Å². The third-order valence-electron chi connectivity index (χ3n) is 7.10. The summed E-state index contributed by atoms with van der Waals surface area (Å²) in [7, 11) is 0. The number of nitrogens with zero attached hydrogens (tertiary/aromatic N) is 1. The van der Waals surface area contributed by atoms with Crippen molar-refractivity contribution in [2.45, 2.75) is 149 Å². The molecular formula is C26H53N. The summed E-state index contributed by atoms with van der Waals surface area (Å²) in [6, 6.07) is 0.922. The standard InChI is InChI=1S/C26H53N/c1-4-7-23-27(26-21-17-15-18-22-26)24-19-14-12-10-8-9-11-13-16-20-25(5-2)6-3/h25-26H,4-24H2,1-3H3. The zero-order valence-electron chi connectivity index (χ0n) is 19.5. The second-order valence-corrected chi connectivity index (χ2v) is 9.33. The van der Waals surface area contributed by atoms with Crippen molar-refractivity contribution >= 4 is 0 Å². The van der Waals surface area contributed by atoms with E-state index in [1.54, 1.807) is 0 Å². The van der Waals surface area contributed by atoms with Gasteiger partial charge in [-0.1, -0.05) is 117 Å². The van der Waals surface area contributed by atoms with Gasteiger partial charge in [-0.15, -0.1) is 0 Å². The van der Waals surface area contributed by atoms with E-state index in [9.17, 15) is 0 Å². The Hall–Kier alpha value is -0.0400. The zero-order valence-corrected chi connectivity index (χ0v) is 19.5. The van der Waals surface area contributed by atoms with Gasteiger partial charge in [0, 0.05) is 6.04 Å². The fraction of sp³-hybridized carbons (Fsp3) is 1.00. The van der Waals surface area contributed by atoms with Crippen molar-refractivity contribution in [3.8, 4) is 0 Å². The molecule has 0 unspecified atom stereocenters. The molecule has 0 spiro atoms. The summed E-state index contributed by atoms with van der Waals surface area (Å²) in [5.74, 6) is 0.996. The maximum Gasteiger partial charge on any atom is 0.00952 e. The third-order valence-corrected chi connectivity index (χ3v) is 7.10. The molecule has 0 saturated heterocycles. The number of rotatable bonds is 18. The lowest BCUT2D eigenvalue weighted by Crippen LogP contribution is -2.38. The maximum atomic E-state index is 2.86. The first kappa shape index (κ1) is 25.0. The van der Waals surface area contributed by atoms with E-state index in [1.807, 2.05) is 0 Å². The van der Waals surface area contributed by atoms with Gasteiger partial charge in [-0.2, -0.15) is 0 Å². The van der Waals surface area contributed by atoms with E-state index in [1.165, 1.54) is 135 Å². The van der Waals surface area contributed by atoms with E-state index >= 15 is 0 Å². The molecule has 0 aromatic heterocycles. The second kappa shape index (κ2) is 18.0. The van der Waals surface area contributed by atoms with Gasteiger partial charge in [0.05, 0.1) is 0 Å². The third kappa shape index (κ3) is 12.9. The Labute approximate surface area is 173 Å². The molecule has 0 atom stereocenters. The number of unbranched alkanes of at least 4 members (excludes halogenated alkanes) is 9. The molecular weight excluding hydrogens is 326 g/mol. The molecule has 27 heavy (non-hydrogen) atoms. The molecule has 0 heterocycles. The van der Waals surface area contributed by atoms with E-state index in [0.717, 1.165) is 12.0 Å². The minimum absolute atomic E-state index is 0.922. The van der Waals surface area contributed by atoms with Gasteiger partial charge in [-0.3, -0.25) is 0 Å². The lowest BCUT2D eigenvalue weighted by Gasteiger charge is -2.34. The Morgan fingerprint density at radius 3 is 1.70 bits per heavy atom. The van der Waals surface area contributed by atoms with E-state index in [-0.39, 0.29) is 0 Å². The van der Waals surface area contributed by atoms with Gasteiger partial charge in [0.15, 0.2) is 0 Å². The predicted octanol–water partition coefficient (Wildman–Crippen LogP) is 8.76. The highest BCUT2D eigenvalue weighted by atomic mass is 15.1. The van der Waals surface area contributed by atoms with Crippen molar-refractivity contribution in [2.24, 2.45) is 5.92 Å². The molecule has 0 aromatic carbocycles. The van der Waals surface area contributed by atoms with Crippen LogP contribution in [0, 0.1) is 5.92 Å². The van der Waals surface area contributed by atoms with Crippen LogP contribution >= 0.6 is 0 Å². The molecule has 1 aliphatic rings.